The molecule has 3 heterocycles. The number of hydrogen-bond acceptors (Lipinski definition) is 4. The molecule has 1 fully saturated rings. The SMILES string of the molecule is FC(F)(F)c1ccnc(N2CCC[C@@H]2c2ccccn2)n1. The minimum Gasteiger partial charge on any atom is -0.332 e. The van der Waals surface area contributed by atoms with Crippen LogP contribution in [0.5, 0.6) is 0 Å². The van der Waals surface area contributed by atoms with Crippen LogP contribution in [0.25, 0.3) is 0 Å². The van der Waals surface area contributed by atoms with Gasteiger partial charge in [-0.25, -0.2) is 9.97 Å². The van der Waals surface area contributed by atoms with E-state index in [1.807, 2.05) is 18.2 Å². The average Bonchev–Trinajstić information content (AvgIpc) is 2.97. The van der Waals surface area contributed by atoms with Gasteiger partial charge in [0.2, 0.25) is 5.95 Å². The number of alkyl halides is 3. The maximum atomic E-state index is 12.8. The molecule has 0 saturated carbocycles. The number of nitrogens with zero attached hydrogens (tertiary/aromatic N) is 4. The van der Waals surface area contributed by atoms with Crippen LogP contribution in [0.15, 0.2) is 36.7 Å². The first-order valence-corrected chi connectivity index (χ1v) is 6.63. The Hall–Kier alpha value is -2.18. The molecular weight excluding hydrogens is 281 g/mol. The molecule has 2 aromatic rings. The molecule has 1 atom stereocenters. The van der Waals surface area contributed by atoms with Gasteiger partial charge in [-0.15, -0.1) is 0 Å². The molecule has 1 aliphatic rings. The van der Waals surface area contributed by atoms with Gasteiger partial charge in [0.1, 0.15) is 5.69 Å². The molecule has 1 saturated heterocycles. The summed E-state index contributed by atoms with van der Waals surface area (Å²) in [7, 11) is 0. The maximum absolute atomic E-state index is 12.8. The van der Waals surface area contributed by atoms with Crippen LogP contribution in [-0.4, -0.2) is 21.5 Å². The normalized spacial score (nSPS) is 19.0. The Morgan fingerprint density at radius 3 is 2.67 bits per heavy atom. The number of rotatable bonds is 2. The van der Waals surface area contributed by atoms with E-state index in [4.69, 9.17) is 0 Å². The standard InChI is InChI=1S/C14H13F3N4/c15-14(16,17)12-6-8-19-13(20-12)21-9-3-5-11(21)10-4-1-2-7-18-10/h1-2,4,6-8,11H,3,5,9H2/t11-/m1/s1. The summed E-state index contributed by atoms with van der Waals surface area (Å²) < 4.78 is 38.3. The quantitative estimate of drug-likeness (QED) is 0.852. The zero-order valence-electron chi connectivity index (χ0n) is 11.1. The summed E-state index contributed by atoms with van der Waals surface area (Å²) in [5.74, 6) is 0.109. The van der Waals surface area contributed by atoms with E-state index in [2.05, 4.69) is 15.0 Å². The Bertz CT molecular complexity index is 615. The van der Waals surface area contributed by atoms with Crippen molar-refractivity contribution in [2.75, 3.05) is 11.4 Å². The van der Waals surface area contributed by atoms with Crippen LogP contribution in [0.4, 0.5) is 19.1 Å². The second-order valence-electron chi connectivity index (χ2n) is 4.85. The highest BCUT2D eigenvalue weighted by Crippen LogP contribution is 2.35. The van der Waals surface area contributed by atoms with Gasteiger partial charge in [0.05, 0.1) is 11.7 Å². The highest BCUT2D eigenvalue weighted by Gasteiger charge is 2.35. The van der Waals surface area contributed by atoms with Crippen molar-refractivity contribution >= 4 is 5.95 Å². The number of anilines is 1. The molecule has 2 aromatic heterocycles. The van der Waals surface area contributed by atoms with Gasteiger partial charge in [0.25, 0.3) is 0 Å². The summed E-state index contributed by atoms with van der Waals surface area (Å²) in [6.07, 6.45) is 0.0765. The van der Waals surface area contributed by atoms with Crippen LogP contribution in [-0.2, 0) is 6.18 Å². The predicted octanol–water partition coefficient (Wildman–Crippen LogP) is 3.23. The molecule has 3 rings (SSSR count). The fourth-order valence-electron chi connectivity index (χ4n) is 2.53. The first kappa shape index (κ1) is 13.8. The van der Waals surface area contributed by atoms with Crippen LogP contribution in [0, 0.1) is 0 Å². The van der Waals surface area contributed by atoms with Crippen molar-refractivity contribution in [1.29, 1.82) is 0 Å². The summed E-state index contributed by atoms with van der Waals surface area (Å²) >= 11 is 0. The molecule has 0 radical (unpaired) electrons. The van der Waals surface area contributed by atoms with Gasteiger partial charge in [0, 0.05) is 18.9 Å². The minimum absolute atomic E-state index is 0.0744. The van der Waals surface area contributed by atoms with Crippen molar-refractivity contribution < 1.29 is 13.2 Å². The lowest BCUT2D eigenvalue weighted by molar-refractivity contribution is -0.141. The van der Waals surface area contributed by atoms with E-state index in [1.165, 1.54) is 0 Å². The van der Waals surface area contributed by atoms with E-state index in [0.29, 0.717) is 6.54 Å². The molecular formula is C14H13F3N4. The van der Waals surface area contributed by atoms with E-state index >= 15 is 0 Å². The van der Waals surface area contributed by atoms with Crippen molar-refractivity contribution in [3.05, 3.63) is 48.0 Å². The molecule has 0 N–H and O–H groups in total. The summed E-state index contributed by atoms with van der Waals surface area (Å²) in [6.45, 7) is 0.628. The molecule has 0 spiro atoms. The summed E-state index contributed by atoms with van der Waals surface area (Å²) in [6, 6.07) is 6.36. The molecule has 110 valence electrons. The minimum atomic E-state index is -4.46. The highest BCUT2D eigenvalue weighted by atomic mass is 19.4. The summed E-state index contributed by atoms with van der Waals surface area (Å²) in [5.41, 5.74) is -0.0878. The van der Waals surface area contributed by atoms with Gasteiger partial charge in [0.15, 0.2) is 0 Å². The molecule has 0 unspecified atom stereocenters. The number of aromatic nitrogens is 3. The zero-order valence-corrected chi connectivity index (χ0v) is 11.1. The van der Waals surface area contributed by atoms with Crippen molar-refractivity contribution in [2.24, 2.45) is 0 Å². The van der Waals surface area contributed by atoms with Crippen molar-refractivity contribution in [1.82, 2.24) is 15.0 Å². The van der Waals surface area contributed by atoms with Crippen LogP contribution in [0.2, 0.25) is 0 Å². The van der Waals surface area contributed by atoms with Crippen molar-refractivity contribution in [3.8, 4) is 0 Å². The van der Waals surface area contributed by atoms with E-state index in [0.717, 1.165) is 30.8 Å². The van der Waals surface area contributed by atoms with Gasteiger partial charge < -0.3 is 4.90 Å². The van der Waals surface area contributed by atoms with E-state index in [1.54, 1.807) is 11.1 Å². The predicted molar refractivity (Wildman–Crippen MR) is 70.6 cm³/mol. The third-order valence-electron chi connectivity index (χ3n) is 3.47. The Kier molecular flexibility index (Phi) is 3.48. The molecule has 0 amide bonds. The first-order chi connectivity index (χ1) is 10.1. The second-order valence-corrected chi connectivity index (χ2v) is 4.85. The summed E-state index contributed by atoms with van der Waals surface area (Å²) in [5, 5.41) is 0. The average molecular weight is 294 g/mol. The van der Waals surface area contributed by atoms with Gasteiger partial charge in [-0.1, -0.05) is 6.07 Å². The smallest absolute Gasteiger partial charge is 0.332 e. The monoisotopic (exact) mass is 294 g/mol. The zero-order chi connectivity index (χ0) is 14.9. The molecule has 7 heteroatoms. The fourth-order valence-corrected chi connectivity index (χ4v) is 2.53. The molecule has 0 aromatic carbocycles. The lowest BCUT2D eigenvalue weighted by atomic mass is 10.1. The fraction of sp³-hybridized carbons (Fsp3) is 0.357. The molecule has 4 nitrogen and oxygen atoms in total. The van der Waals surface area contributed by atoms with Gasteiger partial charge >= 0.3 is 6.18 Å². The molecule has 1 aliphatic heterocycles. The molecule has 0 bridgehead atoms. The van der Waals surface area contributed by atoms with E-state index in [9.17, 15) is 13.2 Å². The largest absolute Gasteiger partial charge is 0.433 e. The topological polar surface area (TPSA) is 41.9 Å². The lowest BCUT2D eigenvalue weighted by Gasteiger charge is -2.24. The van der Waals surface area contributed by atoms with Crippen LogP contribution >= 0.6 is 0 Å². The van der Waals surface area contributed by atoms with Crippen LogP contribution in [0.3, 0.4) is 0 Å². The van der Waals surface area contributed by atoms with Gasteiger partial charge in [-0.05, 0) is 31.0 Å². The van der Waals surface area contributed by atoms with Gasteiger partial charge in [-0.3, -0.25) is 4.98 Å². The van der Waals surface area contributed by atoms with Crippen molar-refractivity contribution in [3.63, 3.8) is 0 Å². The van der Waals surface area contributed by atoms with Gasteiger partial charge in [-0.2, -0.15) is 13.2 Å². The Labute approximate surface area is 119 Å². The lowest BCUT2D eigenvalue weighted by Crippen LogP contribution is -2.26. The highest BCUT2D eigenvalue weighted by molar-refractivity contribution is 5.37. The van der Waals surface area contributed by atoms with E-state index < -0.39 is 11.9 Å². The number of hydrogen-bond donors (Lipinski definition) is 0. The third kappa shape index (κ3) is 2.81. The Morgan fingerprint density at radius 2 is 1.95 bits per heavy atom. The van der Waals surface area contributed by atoms with Crippen molar-refractivity contribution in [2.45, 2.75) is 25.1 Å². The Morgan fingerprint density at radius 1 is 1.10 bits per heavy atom. The molecule has 0 aliphatic carbocycles. The number of halogens is 3. The number of pyridine rings is 1. The maximum Gasteiger partial charge on any atom is 0.433 e. The van der Waals surface area contributed by atoms with Crippen LogP contribution in [0.1, 0.15) is 30.3 Å². The van der Waals surface area contributed by atoms with E-state index in [-0.39, 0.29) is 12.0 Å². The Balaban J connectivity index is 1.93. The first-order valence-electron chi connectivity index (χ1n) is 6.63. The summed E-state index contributed by atoms with van der Waals surface area (Å²) in [4.78, 5) is 13.7. The second kappa shape index (κ2) is 5.31. The van der Waals surface area contributed by atoms with Crippen LogP contribution < -0.4 is 4.90 Å². The molecule has 21 heavy (non-hydrogen) atoms. The third-order valence-corrected chi connectivity index (χ3v) is 3.47.